The van der Waals surface area contributed by atoms with Gasteiger partial charge in [-0.25, -0.2) is 0 Å². The van der Waals surface area contributed by atoms with Crippen molar-refractivity contribution in [3.63, 3.8) is 0 Å². The maximum absolute atomic E-state index is 11.3. The second-order valence-corrected chi connectivity index (χ2v) is 8.58. The molecule has 1 fully saturated rings. The van der Waals surface area contributed by atoms with E-state index in [2.05, 4.69) is 41.5 Å². The van der Waals surface area contributed by atoms with E-state index in [-0.39, 0.29) is 14.9 Å². The lowest BCUT2D eigenvalue weighted by Gasteiger charge is -2.21. The van der Waals surface area contributed by atoms with Crippen molar-refractivity contribution in [2.75, 3.05) is 0 Å². The van der Waals surface area contributed by atoms with E-state index in [4.69, 9.17) is 0 Å². The van der Waals surface area contributed by atoms with Crippen LogP contribution in [-0.4, -0.2) is 11.6 Å². The number of ketones is 2. The molecule has 1 rings (SSSR count). The van der Waals surface area contributed by atoms with Gasteiger partial charge in [-0.15, -0.1) is 0 Å². The van der Waals surface area contributed by atoms with Crippen molar-refractivity contribution in [3.05, 3.63) is 0 Å². The summed E-state index contributed by atoms with van der Waals surface area (Å²) < 4.78 is 0. The minimum atomic E-state index is 0. The third kappa shape index (κ3) is 15.7. The molecule has 2 nitrogen and oxygen atoms in total. The maximum atomic E-state index is 11.3. The summed E-state index contributed by atoms with van der Waals surface area (Å²) in [6.45, 7) is 14.7. The molecule has 134 valence electrons. The smallest absolute Gasteiger partial charge is 0.135 e. The SMILES string of the molecule is C.C.CC(=O)CCC(C)(C)C.CC(C)(C)CC1CCCC1=O. The van der Waals surface area contributed by atoms with Crippen LogP contribution in [0.15, 0.2) is 0 Å². The van der Waals surface area contributed by atoms with Crippen LogP contribution in [0.5, 0.6) is 0 Å². The van der Waals surface area contributed by atoms with E-state index in [0.717, 1.165) is 38.5 Å². The predicted octanol–water partition coefficient (Wildman–Crippen LogP) is 6.47. The molecule has 2 heteroatoms. The molecule has 0 aliphatic heterocycles. The van der Waals surface area contributed by atoms with Crippen LogP contribution in [0.1, 0.15) is 102 Å². The summed E-state index contributed by atoms with van der Waals surface area (Å²) in [6, 6.07) is 0. The highest BCUT2D eigenvalue weighted by Crippen LogP contribution is 2.32. The summed E-state index contributed by atoms with van der Waals surface area (Å²) >= 11 is 0. The van der Waals surface area contributed by atoms with Gasteiger partial charge in [0.15, 0.2) is 0 Å². The average molecular weight is 315 g/mol. The molecule has 0 aromatic rings. The van der Waals surface area contributed by atoms with E-state index < -0.39 is 0 Å². The fraction of sp³-hybridized carbons (Fsp3) is 0.900. The van der Waals surface area contributed by atoms with Crippen LogP contribution in [-0.2, 0) is 9.59 Å². The van der Waals surface area contributed by atoms with Crippen molar-refractivity contribution >= 4 is 11.6 Å². The van der Waals surface area contributed by atoms with Crippen LogP contribution in [0.25, 0.3) is 0 Å². The van der Waals surface area contributed by atoms with Crippen molar-refractivity contribution in [1.82, 2.24) is 0 Å². The second-order valence-electron chi connectivity index (χ2n) is 8.58. The Hall–Kier alpha value is -0.660. The van der Waals surface area contributed by atoms with E-state index in [0.29, 0.717) is 28.3 Å². The van der Waals surface area contributed by atoms with Crippen LogP contribution >= 0.6 is 0 Å². The lowest BCUT2D eigenvalue weighted by Crippen LogP contribution is -2.16. The zero-order chi connectivity index (χ0) is 16.0. The largest absolute Gasteiger partial charge is 0.300 e. The number of carbonyl (C=O) groups is 2. The third-order valence-electron chi connectivity index (χ3n) is 3.52. The fourth-order valence-corrected chi connectivity index (χ4v) is 2.39. The molecule has 0 aromatic heterocycles. The molecule has 0 bridgehead atoms. The molecule has 1 aliphatic rings. The van der Waals surface area contributed by atoms with Crippen molar-refractivity contribution < 1.29 is 9.59 Å². The lowest BCUT2D eigenvalue weighted by atomic mass is 9.84. The first kappa shape index (κ1) is 26.2. The number of Topliss-reactive ketones (excluding diaryl/α,β-unsaturated/α-hetero) is 2. The molecular weight excluding hydrogens is 272 g/mol. The van der Waals surface area contributed by atoms with Crippen LogP contribution in [0.2, 0.25) is 0 Å². The van der Waals surface area contributed by atoms with Crippen molar-refractivity contribution in [3.8, 4) is 0 Å². The molecule has 0 amide bonds. The van der Waals surface area contributed by atoms with E-state index in [1.54, 1.807) is 6.92 Å². The molecule has 22 heavy (non-hydrogen) atoms. The molecule has 1 aliphatic carbocycles. The summed E-state index contributed by atoms with van der Waals surface area (Å²) in [5.74, 6) is 1.18. The van der Waals surface area contributed by atoms with Crippen LogP contribution in [0.4, 0.5) is 0 Å². The normalized spacial score (nSPS) is 17.8. The first-order chi connectivity index (χ1) is 8.91. The van der Waals surface area contributed by atoms with Gasteiger partial charge < -0.3 is 4.79 Å². The molecule has 0 saturated heterocycles. The summed E-state index contributed by atoms with van der Waals surface area (Å²) in [4.78, 5) is 21.7. The van der Waals surface area contributed by atoms with Gasteiger partial charge >= 0.3 is 0 Å². The number of hydrogen-bond acceptors (Lipinski definition) is 2. The Bertz CT molecular complexity index is 316. The lowest BCUT2D eigenvalue weighted by molar-refractivity contribution is -0.121. The molecule has 0 aromatic carbocycles. The highest BCUT2D eigenvalue weighted by Gasteiger charge is 2.28. The highest BCUT2D eigenvalue weighted by atomic mass is 16.1. The van der Waals surface area contributed by atoms with E-state index in [9.17, 15) is 9.59 Å². The predicted molar refractivity (Wildman–Crippen MR) is 99.3 cm³/mol. The Morgan fingerprint density at radius 3 is 1.77 bits per heavy atom. The van der Waals surface area contributed by atoms with Gasteiger partial charge in [0.1, 0.15) is 11.6 Å². The van der Waals surface area contributed by atoms with Gasteiger partial charge in [-0.2, -0.15) is 0 Å². The van der Waals surface area contributed by atoms with Gasteiger partial charge in [-0.05, 0) is 43.4 Å². The molecule has 1 saturated carbocycles. The maximum Gasteiger partial charge on any atom is 0.135 e. The Morgan fingerprint density at radius 1 is 1.05 bits per heavy atom. The monoisotopic (exact) mass is 314 g/mol. The van der Waals surface area contributed by atoms with Gasteiger partial charge in [-0.1, -0.05) is 56.4 Å². The Labute approximate surface area is 140 Å². The summed E-state index contributed by atoms with van der Waals surface area (Å²) in [7, 11) is 0. The van der Waals surface area contributed by atoms with Gasteiger partial charge in [0, 0.05) is 18.8 Å². The van der Waals surface area contributed by atoms with Crippen molar-refractivity contribution in [2.24, 2.45) is 16.7 Å². The Kier molecular flexibility index (Phi) is 13.1. The fourth-order valence-electron chi connectivity index (χ4n) is 2.39. The van der Waals surface area contributed by atoms with E-state index in [1.807, 2.05) is 0 Å². The van der Waals surface area contributed by atoms with Gasteiger partial charge in [0.25, 0.3) is 0 Å². The molecule has 0 radical (unpaired) electrons. The van der Waals surface area contributed by atoms with Gasteiger partial charge in [-0.3, -0.25) is 4.79 Å². The Balaban J connectivity index is -0.000000307. The quantitative estimate of drug-likeness (QED) is 0.598. The third-order valence-corrected chi connectivity index (χ3v) is 3.52. The minimum Gasteiger partial charge on any atom is -0.300 e. The number of hydrogen-bond donors (Lipinski definition) is 0. The first-order valence-corrected chi connectivity index (χ1v) is 7.93. The highest BCUT2D eigenvalue weighted by molar-refractivity contribution is 5.82. The van der Waals surface area contributed by atoms with E-state index in [1.165, 1.54) is 0 Å². The first-order valence-electron chi connectivity index (χ1n) is 7.93. The second kappa shape index (κ2) is 11.0. The van der Waals surface area contributed by atoms with Gasteiger partial charge in [0.05, 0.1) is 0 Å². The molecule has 0 spiro atoms. The summed E-state index contributed by atoms with van der Waals surface area (Å²) in [5.41, 5.74) is 0.635. The van der Waals surface area contributed by atoms with Crippen molar-refractivity contribution in [1.29, 1.82) is 0 Å². The van der Waals surface area contributed by atoms with Crippen LogP contribution < -0.4 is 0 Å². The topological polar surface area (TPSA) is 34.1 Å². The summed E-state index contributed by atoms with van der Waals surface area (Å²) in [5, 5.41) is 0. The van der Waals surface area contributed by atoms with Crippen molar-refractivity contribution in [2.45, 2.75) is 102 Å². The number of rotatable bonds is 3. The van der Waals surface area contributed by atoms with Crippen LogP contribution in [0.3, 0.4) is 0 Å². The molecule has 1 unspecified atom stereocenters. The molecular formula is C20H42O2. The molecule has 0 N–H and O–H groups in total. The van der Waals surface area contributed by atoms with Crippen LogP contribution in [0, 0.1) is 16.7 Å². The standard InChI is InChI=1S/C10H18O.C8H16O.2CH4/c1-10(2,3)7-8-5-4-6-9(8)11;1-7(9)5-6-8(2,3)4;;/h8H,4-7H2,1-3H3;5-6H2,1-4H3;2*1H4. The number of carbonyl (C=O) groups excluding carboxylic acids is 2. The zero-order valence-corrected chi connectivity index (χ0v) is 14.6. The average Bonchev–Trinajstić information content (AvgIpc) is 2.59. The Morgan fingerprint density at radius 2 is 1.55 bits per heavy atom. The zero-order valence-electron chi connectivity index (χ0n) is 14.6. The molecule has 0 heterocycles. The van der Waals surface area contributed by atoms with E-state index >= 15 is 0 Å². The summed E-state index contributed by atoms with van der Waals surface area (Å²) in [6.07, 6.45) is 5.90. The molecule has 1 atom stereocenters. The minimum absolute atomic E-state index is 0. The van der Waals surface area contributed by atoms with Gasteiger partial charge in [0.2, 0.25) is 0 Å².